The summed E-state index contributed by atoms with van der Waals surface area (Å²) in [5.41, 5.74) is -1.93. The van der Waals surface area contributed by atoms with E-state index in [1.807, 2.05) is 6.92 Å². The molecule has 5 saturated heterocycles. The third kappa shape index (κ3) is 11.1. The van der Waals surface area contributed by atoms with Gasteiger partial charge in [0.25, 0.3) is 0 Å². The number of ether oxygens (including phenoxy) is 10. The third-order valence-corrected chi connectivity index (χ3v) is 23.2. The van der Waals surface area contributed by atoms with Crippen LogP contribution in [0.15, 0.2) is 11.6 Å². The van der Waals surface area contributed by atoms with Gasteiger partial charge in [-0.1, -0.05) is 53.2 Å². The van der Waals surface area contributed by atoms with Crippen molar-refractivity contribution < 1.29 is 129 Å². The molecule has 488 valence electrons. The molecule has 0 aromatic heterocycles. The first-order valence-corrected chi connectivity index (χ1v) is 30.6. The Labute approximate surface area is 494 Å². The van der Waals surface area contributed by atoms with E-state index < -0.39 is 189 Å². The smallest absolute Gasteiger partial charge is 0.315 e. The molecule has 85 heavy (non-hydrogen) atoms. The SMILES string of the molecule is C[C@@H]1O[C@@H](O[C@H]2[C@H](O[C@H]3CC[C@@]4(C)[C@@H](CC[C@]5(C)[C@@H]4CC=C4[C@@H]6CC(C)(C)CC[C@]6(C(=O)O[C@@H]6O[C@H](CO[C@@H]7O[C@H](CO)[C@@H](O[C@@H]8O[C@@H](C)[C@@H](O)[C@@H](O)[C@H]8O)[C@H](O)[C@H]7O)[C@@H](O)[C@H](O)[C@H]6O)CC[C@]45C)[C@]3(C)CO)OC[C@H](O)[C@@H]2O)[C@H](O)[C@H](O)[C@H]1O. The number of rotatable bonds is 13. The lowest BCUT2D eigenvalue weighted by Gasteiger charge is -2.71. The minimum Gasteiger partial charge on any atom is -0.432 e. The molecule has 26 nitrogen and oxygen atoms in total. The number of fused-ring (bicyclic) bond motifs is 7. The lowest BCUT2D eigenvalue weighted by Crippen LogP contribution is -2.67. The minimum absolute atomic E-state index is 0.0670. The second-order valence-electron chi connectivity index (χ2n) is 28.5. The van der Waals surface area contributed by atoms with Crippen LogP contribution in [0.1, 0.15) is 120 Å². The Bertz CT molecular complexity index is 2370. The van der Waals surface area contributed by atoms with E-state index in [9.17, 15) is 76.6 Å². The van der Waals surface area contributed by atoms with Crippen molar-refractivity contribution in [1.29, 1.82) is 0 Å². The number of carbonyl (C=O) groups excluding carboxylic acids is 1. The molecule has 15 N–H and O–H groups in total. The number of aliphatic hydroxyl groups excluding tert-OH is 15. The number of allylic oxidation sites excluding steroid dienone is 2. The highest BCUT2D eigenvalue weighted by atomic mass is 16.8. The van der Waals surface area contributed by atoms with E-state index in [4.69, 9.17) is 47.4 Å². The van der Waals surface area contributed by atoms with Crippen LogP contribution in [-0.4, -0.2) is 263 Å². The van der Waals surface area contributed by atoms with Gasteiger partial charge < -0.3 is 124 Å². The molecule has 10 rings (SSSR count). The molecule has 4 saturated carbocycles. The highest BCUT2D eigenvalue weighted by molar-refractivity contribution is 5.79. The van der Waals surface area contributed by atoms with Gasteiger partial charge in [-0.3, -0.25) is 4.79 Å². The number of hydrogen-bond acceptors (Lipinski definition) is 26. The molecule has 5 aliphatic carbocycles. The van der Waals surface area contributed by atoms with Crippen LogP contribution in [0.25, 0.3) is 0 Å². The first kappa shape index (κ1) is 66.2. The summed E-state index contributed by atoms with van der Waals surface area (Å²) in [6.45, 7) is 14.3. The van der Waals surface area contributed by atoms with Crippen LogP contribution in [0.2, 0.25) is 0 Å². The predicted octanol–water partition coefficient (Wildman–Crippen LogP) is -2.54. The summed E-state index contributed by atoms with van der Waals surface area (Å²) >= 11 is 0. The first-order valence-electron chi connectivity index (χ1n) is 30.6. The Hall–Kier alpha value is -1.75. The van der Waals surface area contributed by atoms with E-state index in [2.05, 4.69) is 40.7 Å². The average molecular weight is 1220 g/mol. The van der Waals surface area contributed by atoms with Crippen LogP contribution in [0.3, 0.4) is 0 Å². The van der Waals surface area contributed by atoms with E-state index >= 15 is 4.79 Å². The van der Waals surface area contributed by atoms with Gasteiger partial charge in [0.15, 0.2) is 25.2 Å². The van der Waals surface area contributed by atoms with Crippen LogP contribution in [0, 0.1) is 50.2 Å². The number of aliphatic hydroxyl groups is 15. The molecular formula is C59H96O26. The predicted molar refractivity (Wildman–Crippen MR) is 288 cm³/mol. The Morgan fingerprint density at radius 2 is 1.14 bits per heavy atom. The van der Waals surface area contributed by atoms with E-state index in [0.717, 1.165) is 12.8 Å². The lowest BCUT2D eigenvalue weighted by atomic mass is 9.33. The molecular weight excluding hydrogens is 1120 g/mol. The van der Waals surface area contributed by atoms with Gasteiger partial charge in [0.05, 0.1) is 50.2 Å². The molecule has 0 aromatic rings. The summed E-state index contributed by atoms with van der Waals surface area (Å²) in [6.07, 6.45) is -29.6. The van der Waals surface area contributed by atoms with Gasteiger partial charge in [0.1, 0.15) is 104 Å². The van der Waals surface area contributed by atoms with Crippen molar-refractivity contribution >= 4 is 5.97 Å². The van der Waals surface area contributed by atoms with Gasteiger partial charge in [0, 0.05) is 5.41 Å². The zero-order chi connectivity index (χ0) is 62.0. The molecule has 9 fully saturated rings. The normalized spacial score (nSPS) is 55.3. The molecule has 0 radical (unpaired) electrons. The van der Waals surface area contributed by atoms with Crippen LogP contribution in [0.5, 0.6) is 0 Å². The maximum atomic E-state index is 15.2. The minimum atomic E-state index is -1.90. The Balaban J connectivity index is 0.833. The molecule has 0 spiro atoms. The van der Waals surface area contributed by atoms with E-state index in [-0.39, 0.29) is 47.2 Å². The monoisotopic (exact) mass is 1220 g/mol. The summed E-state index contributed by atoms with van der Waals surface area (Å²) in [4.78, 5) is 15.2. The highest BCUT2D eigenvalue weighted by Gasteiger charge is 2.71. The summed E-state index contributed by atoms with van der Waals surface area (Å²) in [7, 11) is 0. The fourth-order valence-electron chi connectivity index (χ4n) is 17.5. The molecule has 0 aromatic carbocycles. The van der Waals surface area contributed by atoms with Gasteiger partial charge in [-0.15, -0.1) is 0 Å². The van der Waals surface area contributed by atoms with Gasteiger partial charge in [-0.2, -0.15) is 0 Å². The first-order chi connectivity index (χ1) is 39.8. The third-order valence-electron chi connectivity index (χ3n) is 23.2. The zero-order valence-corrected chi connectivity index (χ0v) is 49.8. The van der Waals surface area contributed by atoms with E-state index in [1.165, 1.54) is 19.4 Å². The number of esters is 1. The fourth-order valence-corrected chi connectivity index (χ4v) is 17.5. The Kier molecular flexibility index (Phi) is 19.0. The molecule has 0 amide bonds. The van der Waals surface area contributed by atoms with Crippen LogP contribution < -0.4 is 0 Å². The van der Waals surface area contributed by atoms with Crippen molar-refractivity contribution in [3.8, 4) is 0 Å². The van der Waals surface area contributed by atoms with Gasteiger partial charge >= 0.3 is 5.97 Å². The summed E-state index contributed by atoms with van der Waals surface area (Å²) in [5.74, 6) is -0.861. The van der Waals surface area contributed by atoms with Gasteiger partial charge in [-0.25, -0.2) is 0 Å². The topological polar surface area (TPSA) is 413 Å². The number of carbonyl (C=O) groups is 1. The molecule has 10 aliphatic rings. The zero-order valence-electron chi connectivity index (χ0n) is 49.8. The van der Waals surface area contributed by atoms with Crippen molar-refractivity contribution in [3.63, 3.8) is 0 Å². The maximum absolute atomic E-state index is 15.2. The van der Waals surface area contributed by atoms with E-state index in [0.29, 0.717) is 51.4 Å². The van der Waals surface area contributed by atoms with Gasteiger partial charge in [0.2, 0.25) is 6.29 Å². The van der Waals surface area contributed by atoms with Crippen molar-refractivity contribution in [1.82, 2.24) is 0 Å². The van der Waals surface area contributed by atoms with Crippen LogP contribution in [-0.2, 0) is 52.2 Å². The fraction of sp³-hybridized carbons (Fsp3) is 0.949. The molecule has 0 unspecified atom stereocenters. The second kappa shape index (κ2) is 24.4. The molecule has 0 bridgehead atoms. The second-order valence-corrected chi connectivity index (χ2v) is 28.5. The van der Waals surface area contributed by atoms with Crippen LogP contribution >= 0.6 is 0 Å². The van der Waals surface area contributed by atoms with Crippen molar-refractivity contribution in [3.05, 3.63) is 11.6 Å². The maximum Gasteiger partial charge on any atom is 0.315 e. The quantitative estimate of drug-likeness (QED) is 0.0513. The Morgan fingerprint density at radius 1 is 0.565 bits per heavy atom. The number of hydrogen-bond donors (Lipinski definition) is 15. The van der Waals surface area contributed by atoms with Gasteiger partial charge in [-0.05, 0) is 117 Å². The standard InChI is InChI=1S/C59H96O26/c1-24-34(63)38(67)42(71)49(78-24)83-46-29(20-60)80-48(45(74)41(46)70)77-22-30-37(66)40(69)44(73)51(81-30)85-53(75)59-17-15-54(3,4)19-27(59)26-9-10-32-55(5)13-12-33(56(6,23-61)31(55)11-14-58(32,8)57(26,7)16-18-59)82-52-47(36(65)28(62)21-76-52)84-50-43(72)39(68)35(64)25(2)79-50/h9,24-25,27-52,60-74H,10-23H2,1-8H3/t24-,25-,27-,28-,29+,30+,31+,32+,33-,34+,35-,36-,37+,38+,39+,40-,41+,42+,43+,44+,45+,46+,47+,48+,49-,50-,51-,52-,55-,56-,57+,58+,59-/m0/s1. The summed E-state index contributed by atoms with van der Waals surface area (Å²) < 4.78 is 59.4. The van der Waals surface area contributed by atoms with Crippen molar-refractivity contribution in [2.45, 2.75) is 273 Å². The molecule has 26 heteroatoms. The average Bonchev–Trinajstić information content (AvgIpc) is 0.692. The molecule has 5 aliphatic heterocycles. The van der Waals surface area contributed by atoms with E-state index in [1.54, 1.807) is 0 Å². The van der Waals surface area contributed by atoms with Crippen molar-refractivity contribution in [2.75, 3.05) is 26.4 Å². The highest BCUT2D eigenvalue weighted by Crippen LogP contribution is 2.76. The summed E-state index contributed by atoms with van der Waals surface area (Å²) in [5, 5.41) is 163. The van der Waals surface area contributed by atoms with Crippen molar-refractivity contribution in [2.24, 2.45) is 50.2 Å². The molecule has 33 atom stereocenters. The van der Waals surface area contributed by atoms with Crippen LogP contribution in [0.4, 0.5) is 0 Å². The lowest BCUT2D eigenvalue weighted by molar-refractivity contribution is -0.365. The molecule has 5 heterocycles. The summed E-state index contributed by atoms with van der Waals surface area (Å²) in [6, 6.07) is 0. The largest absolute Gasteiger partial charge is 0.432 e. The Morgan fingerprint density at radius 3 is 1.76 bits per heavy atom.